The Hall–Kier alpha value is -2.10. The third kappa shape index (κ3) is 1.08. The van der Waals surface area contributed by atoms with E-state index in [1.165, 1.54) is 6.39 Å². The molecule has 0 amide bonds. The Balaban J connectivity index is 2.60. The molecule has 2 aromatic heterocycles. The van der Waals surface area contributed by atoms with Gasteiger partial charge in [0, 0.05) is 13.2 Å². The Morgan fingerprint density at radius 1 is 1.40 bits per heavy atom. The van der Waals surface area contributed by atoms with Crippen molar-refractivity contribution < 1.29 is 4.42 Å². The van der Waals surface area contributed by atoms with Gasteiger partial charge in [-0.3, -0.25) is 4.79 Å². The highest BCUT2D eigenvalue weighted by Crippen LogP contribution is 2.18. The van der Waals surface area contributed by atoms with Crippen LogP contribution in [0.4, 0.5) is 0 Å². The van der Waals surface area contributed by atoms with Crippen LogP contribution >= 0.6 is 0 Å². The number of benzene rings is 1. The van der Waals surface area contributed by atoms with E-state index in [1.807, 2.05) is 12.1 Å². The van der Waals surface area contributed by atoms with Gasteiger partial charge < -0.3 is 8.98 Å². The van der Waals surface area contributed by atoms with Gasteiger partial charge in [-0.15, -0.1) is 0 Å². The van der Waals surface area contributed by atoms with E-state index in [2.05, 4.69) is 4.98 Å². The van der Waals surface area contributed by atoms with Gasteiger partial charge >= 0.3 is 0 Å². The van der Waals surface area contributed by atoms with E-state index < -0.39 is 0 Å². The van der Waals surface area contributed by atoms with Crippen molar-refractivity contribution in [1.82, 2.24) is 9.55 Å². The number of hydrogen-bond donors (Lipinski definition) is 0. The quantitative estimate of drug-likeness (QED) is 0.554. The highest BCUT2D eigenvalue weighted by Gasteiger charge is 2.05. The van der Waals surface area contributed by atoms with Crippen LogP contribution in [0.25, 0.3) is 21.9 Å². The Morgan fingerprint density at radius 3 is 3.13 bits per heavy atom. The lowest BCUT2D eigenvalue weighted by Gasteiger charge is -1.99. The molecule has 0 aliphatic heterocycles. The molecule has 4 heteroatoms. The zero-order chi connectivity index (χ0) is 10.4. The minimum atomic E-state index is -0.0224. The number of aryl methyl sites for hydroxylation is 1. The average Bonchev–Trinajstić information content (AvgIpc) is 2.68. The zero-order valence-corrected chi connectivity index (χ0v) is 8.10. The zero-order valence-electron chi connectivity index (χ0n) is 8.10. The number of oxazole rings is 1. The SMILES string of the molecule is Cn1ccc2cc3ncoc3cc2c1=O. The van der Waals surface area contributed by atoms with Crippen LogP contribution in [0.5, 0.6) is 0 Å². The monoisotopic (exact) mass is 200 g/mol. The third-order valence-electron chi connectivity index (χ3n) is 2.53. The summed E-state index contributed by atoms with van der Waals surface area (Å²) in [6.07, 6.45) is 3.13. The van der Waals surface area contributed by atoms with Crippen LogP contribution in [0.3, 0.4) is 0 Å². The molecule has 1 aromatic carbocycles. The molecule has 0 saturated heterocycles. The van der Waals surface area contributed by atoms with Crippen LogP contribution in [0.2, 0.25) is 0 Å². The fraction of sp³-hybridized carbons (Fsp3) is 0.0909. The second-order valence-corrected chi connectivity index (χ2v) is 3.49. The van der Waals surface area contributed by atoms with Crippen molar-refractivity contribution in [3.05, 3.63) is 41.1 Å². The van der Waals surface area contributed by atoms with Crippen molar-refractivity contribution in [1.29, 1.82) is 0 Å². The Kier molecular flexibility index (Phi) is 1.48. The lowest BCUT2D eigenvalue weighted by atomic mass is 10.1. The van der Waals surface area contributed by atoms with E-state index >= 15 is 0 Å². The largest absolute Gasteiger partial charge is 0.443 e. The van der Waals surface area contributed by atoms with E-state index in [0.29, 0.717) is 11.0 Å². The van der Waals surface area contributed by atoms with Crippen LogP contribution in [-0.4, -0.2) is 9.55 Å². The average molecular weight is 200 g/mol. The maximum atomic E-state index is 11.8. The standard InChI is InChI=1S/C11H8N2O2/c1-13-3-2-7-4-9-10(15-6-12-9)5-8(7)11(13)14/h2-6H,1H3. The molecule has 0 unspecified atom stereocenters. The summed E-state index contributed by atoms with van der Waals surface area (Å²) in [5.41, 5.74) is 1.40. The summed E-state index contributed by atoms with van der Waals surface area (Å²) in [5, 5.41) is 1.55. The fourth-order valence-corrected chi connectivity index (χ4v) is 1.69. The van der Waals surface area contributed by atoms with Gasteiger partial charge in [-0.25, -0.2) is 4.98 Å². The molecular formula is C11H8N2O2. The van der Waals surface area contributed by atoms with Gasteiger partial charge in [0.25, 0.3) is 5.56 Å². The fourth-order valence-electron chi connectivity index (χ4n) is 1.69. The minimum Gasteiger partial charge on any atom is -0.443 e. The predicted molar refractivity (Wildman–Crippen MR) is 56.8 cm³/mol. The van der Waals surface area contributed by atoms with Crippen LogP contribution in [0.1, 0.15) is 0 Å². The topological polar surface area (TPSA) is 48.0 Å². The number of hydrogen-bond acceptors (Lipinski definition) is 3. The molecule has 3 rings (SSSR count). The minimum absolute atomic E-state index is 0.0224. The summed E-state index contributed by atoms with van der Waals surface area (Å²) in [6, 6.07) is 5.49. The van der Waals surface area contributed by atoms with E-state index in [4.69, 9.17) is 4.42 Å². The van der Waals surface area contributed by atoms with Crippen LogP contribution in [0, 0.1) is 0 Å². The number of rotatable bonds is 0. The number of pyridine rings is 1. The molecule has 2 heterocycles. The summed E-state index contributed by atoms with van der Waals surface area (Å²) >= 11 is 0. The number of fused-ring (bicyclic) bond motifs is 2. The van der Waals surface area contributed by atoms with Crippen molar-refractivity contribution >= 4 is 21.9 Å². The molecule has 0 aliphatic carbocycles. The molecule has 0 fully saturated rings. The molecule has 0 saturated carbocycles. The molecule has 4 nitrogen and oxygen atoms in total. The lowest BCUT2D eigenvalue weighted by molar-refractivity contribution is 0.602. The molecule has 15 heavy (non-hydrogen) atoms. The summed E-state index contributed by atoms with van der Waals surface area (Å²) in [5.74, 6) is 0. The van der Waals surface area contributed by atoms with E-state index in [0.717, 1.165) is 10.9 Å². The molecule has 0 atom stereocenters. The first-order valence-electron chi connectivity index (χ1n) is 4.58. The van der Waals surface area contributed by atoms with E-state index in [9.17, 15) is 4.79 Å². The molecule has 0 N–H and O–H groups in total. The van der Waals surface area contributed by atoms with Crippen LogP contribution < -0.4 is 5.56 Å². The van der Waals surface area contributed by atoms with Crippen LogP contribution in [-0.2, 0) is 7.05 Å². The first kappa shape index (κ1) is 8.23. The maximum absolute atomic E-state index is 11.8. The van der Waals surface area contributed by atoms with E-state index in [1.54, 1.807) is 23.9 Å². The molecule has 74 valence electrons. The van der Waals surface area contributed by atoms with Gasteiger partial charge in [0.1, 0.15) is 5.52 Å². The summed E-state index contributed by atoms with van der Waals surface area (Å²) in [6.45, 7) is 0. The van der Waals surface area contributed by atoms with Crippen molar-refractivity contribution in [2.45, 2.75) is 0 Å². The van der Waals surface area contributed by atoms with E-state index in [-0.39, 0.29) is 5.56 Å². The predicted octanol–water partition coefficient (Wildman–Crippen LogP) is 1.68. The highest BCUT2D eigenvalue weighted by atomic mass is 16.3. The first-order chi connectivity index (χ1) is 7.25. The van der Waals surface area contributed by atoms with Crippen LogP contribution in [0.15, 0.2) is 40.0 Å². The molecule has 0 radical (unpaired) electrons. The molecule has 0 bridgehead atoms. The van der Waals surface area contributed by atoms with Gasteiger partial charge in [0.15, 0.2) is 12.0 Å². The summed E-state index contributed by atoms with van der Waals surface area (Å²) in [4.78, 5) is 15.8. The third-order valence-corrected chi connectivity index (χ3v) is 2.53. The molecular weight excluding hydrogens is 192 g/mol. The Labute approximate surface area is 84.8 Å². The second-order valence-electron chi connectivity index (χ2n) is 3.49. The maximum Gasteiger partial charge on any atom is 0.258 e. The van der Waals surface area contributed by atoms with Crippen molar-refractivity contribution in [3.63, 3.8) is 0 Å². The van der Waals surface area contributed by atoms with Crippen molar-refractivity contribution in [2.24, 2.45) is 7.05 Å². The lowest BCUT2D eigenvalue weighted by Crippen LogP contribution is -2.15. The normalized spacial score (nSPS) is 11.3. The Bertz CT molecular complexity index is 709. The second kappa shape index (κ2) is 2.70. The molecule has 0 spiro atoms. The Morgan fingerprint density at radius 2 is 2.27 bits per heavy atom. The summed E-state index contributed by atoms with van der Waals surface area (Å²) < 4.78 is 6.71. The van der Waals surface area contributed by atoms with Gasteiger partial charge in [-0.05, 0) is 23.6 Å². The number of aromatic nitrogens is 2. The van der Waals surface area contributed by atoms with Gasteiger partial charge in [0.05, 0.1) is 5.39 Å². The molecule has 0 aliphatic rings. The number of nitrogens with zero attached hydrogens (tertiary/aromatic N) is 2. The first-order valence-corrected chi connectivity index (χ1v) is 4.58. The molecule has 3 aromatic rings. The highest BCUT2D eigenvalue weighted by molar-refractivity contribution is 5.93. The van der Waals surface area contributed by atoms with Crippen molar-refractivity contribution in [2.75, 3.05) is 0 Å². The smallest absolute Gasteiger partial charge is 0.258 e. The van der Waals surface area contributed by atoms with Gasteiger partial charge in [-0.1, -0.05) is 0 Å². The van der Waals surface area contributed by atoms with Gasteiger partial charge in [0.2, 0.25) is 0 Å². The van der Waals surface area contributed by atoms with Crippen molar-refractivity contribution in [3.8, 4) is 0 Å². The van der Waals surface area contributed by atoms with Gasteiger partial charge in [-0.2, -0.15) is 0 Å². The summed E-state index contributed by atoms with van der Waals surface area (Å²) in [7, 11) is 1.73.